The first kappa shape index (κ1) is 8.97. The topological polar surface area (TPSA) is 26.7 Å². The molecule has 3 heteroatoms. The van der Waals surface area contributed by atoms with Crippen molar-refractivity contribution >= 4 is 0 Å². The van der Waals surface area contributed by atoms with Crippen LogP contribution in [0.2, 0.25) is 0 Å². The van der Waals surface area contributed by atoms with E-state index in [-0.39, 0.29) is 0 Å². The van der Waals surface area contributed by atoms with Crippen molar-refractivity contribution in [3.05, 3.63) is 0 Å². The number of hydrogen-bond donors (Lipinski definition) is 1. The minimum Gasteiger partial charge on any atom is -0.396 e. The molecule has 3 nitrogen and oxygen atoms in total. The van der Waals surface area contributed by atoms with Gasteiger partial charge in [-0.1, -0.05) is 0 Å². The van der Waals surface area contributed by atoms with E-state index < -0.39 is 0 Å². The molecule has 0 spiro atoms. The molecule has 0 aromatic carbocycles. The van der Waals surface area contributed by atoms with Crippen LogP contribution in [-0.4, -0.2) is 54.4 Å². The highest BCUT2D eigenvalue weighted by molar-refractivity contribution is 4.75. The summed E-state index contributed by atoms with van der Waals surface area (Å²) in [6.07, 6.45) is 1.46. The van der Waals surface area contributed by atoms with Gasteiger partial charge in [0.05, 0.1) is 6.17 Å². The molecule has 0 amide bonds. The van der Waals surface area contributed by atoms with E-state index in [1.807, 2.05) is 0 Å². The van der Waals surface area contributed by atoms with Gasteiger partial charge in [0, 0.05) is 26.2 Å². The highest BCUT2D eigenvalue weighted by Crippen LogP contribution is 2.11. The summed E-state index contributed by atoms with van der Waals surface area (Å²) >= 11 is 0. The first-order valence-corrected chi connectivity index (χ1v) is 4.31. The van der Waals surface area contributed by atoms with Crippen LogP contribution in [0.5, 0.6) is 0 Å². The van der Waals surface area contributed by atoms with Crippen LogP contribution in [0, 0.1) is 0 Å². The first-order chi connectivity index (χ1) is 5.25. The summed E-state index contributed by atoms with van der Waals surface area (Å²) in [6, 6.07) is 0. The van der Waals surface area contributed by atoms with Gasteiger partial charge in [0.2, 0.25) is 0 Å². The molecule has 1 heterocycles. The van der Waals surface area contributed by atoms with Gasteiger partial charge in [0.25, 0.3) is 0 Å². The Morgan fingerprint density at radius 1 is 1.45 bits per heavy atom. The SMILES string of the molecule is CC1N(C)CCN1CCCO. The Balaban J connectivity index is 2.24. The fraction of sp³-hybridized carbons (Fsp3) is 1.00. The zero-order chi connectivity index (χ0) is 8.27. The molecular formula is C8H18N2O. The van der Waals surface area contributed by atoms with E-state index in [0.717, 1.165) is 26.1 Å². The largest absolute Gasteiger partial charge is 0.396 e. The second kappa shape index (κ2) is 4.04. The minimum absolute atomic E-state index is 0.312. The molecule has 1 rings (SSSR count). The predicted molar refractivity (Wildman–Crippen MR) is 45.4 cm³/mol. The van der Waals surface area contributed by atoms with Gasteiger partial charge in [-0.3, -0.25) is 9.80 Å². The first-order valence-electron chi connectivity index (χ1n) is 4.31. The average molecular weight is 158 g/mol. The number of rotatable bonds is 3. The Morgan fingerprint density at radius 2 is 2.18 bits per heavy atom. The van der Waals surface area contributed by atoms with Gasteiger partial charge in [-0.2, -0.15) is 0 Å². The molecular weight excluding hydrogens is 140 g/mol. The Morgan fingerprint density at radius 3 is 2.64 bits per heavy atom. The monoisotopic (exact) mass is 158 g/mol. The molecule has 1 unspecified atom stereocenters. The Hall–Kier alpha value is -0.120. The zero-order valence-electron chi connectivity index (χ0n) is 7.45. The van der Waals surface area contributed by atoms with Gasteiger partial charge in [-0.15, -0.1) is 0 Å². The fourth-order valence-electron chi connectivity index (χ4n) is 1.51. The van der Waals surface area contributed by atoms with E-state index in [1.165, 1.54) is 0 Å². The highest BCUT2D eigenvalue weighted by atomic mass is 16.3. The van der Waals surface area contributed by atoms with Gasteiger partial charge in [0.1, 0.15) is 0 Å². The summed E-state index contributed by atoms with van der Waals surface area (Å²) < 4.78 is 0. The Kier molecular flexibility index (Phi) is 3.30. The molecule has 1 aliphatic heterocycles. The summed E-state index contributed by atoms with van der Waals surface area (Å²) in [4.78, 5) is 4.73. The second-order valence-corrected chi connectivity index (χ2v) is 3.23. The predicted octanol–water partition coefficient (Wildman–Crippen LogP) is -0.0378. The lowest BCUT2D eigenvalue weighted by Gasteiger charge is -2.23. The molecule has 0 aliphatic carbocycles. The van der Waals surface area contributed by atoms with Crippen LogP contribution in [-0.2, 0) is 0 Å². The third-order valence-electron chi connectivity index (χ3n) is 2.51. The molecule has 0 aromatic heterocycles. The van der Waals surface area contributed by atoms with E-state index >= 15 is 0 Å². The summed E-state index contributed by atoms with van der Waals surface area (Å²) in [6.45, 7) is 5.86. The molecule has 0 aromatic rings. The van der Waals surface area contributed by atoms with Gasteiger partial charge in [-0.25, -0.2) is 0 Å². The van der Waals surface area contributed by atoms with E-state index in [9.17, 15) is 0 Å². The molecule has 11 heavy (non-hydrogen) atoms. The van der Waals surface area contributed by atoms with E-state index in [4.69, 9.17) is 5.11 Å². The molecule has 0 saturated carbocycles. The third-order valence-corrected chi connectivity index (χ3v) is 2.51. The van der Waals surface area contributed by atoms with Crippen molar-refractivity contribution in [3.63, 3.8) is 0 Å². The van der Waals surface area contributed by atoms with Crippen molar-refractivity contribution in [2.45, 2.75) is 19.5 Å². The minimum atomic E-state index is 0.312. The van der Waals surface area contributed by atoms with Gasteiger partial charge < -0.3 is 5.11 Å². The summed E-state index contributed by atoms with van der Waals surface area (Å²) in [5.74, 6) is 0. The summed E-state index contributed by atoms with van der Waals surface area (Å²) in [5.41, 5.74) is 0. The van der Waals surface area contributed by atoms with Crippen LogP contribution >= 0.6 is 0 Å². The van der Waals surface area contributed by atoms with Crippen LogP contribution < -0.4 is 0 Å². The maximum absolute atomic E-state index is 8.64. The highest BCUT2D eigenvalue weighted by Gasteiger charge is 2.23. The fourth-order valence-corrected chi connectivity index (χ4v) is 1.51. The van der Waals surface area contributed by atoms with Gasteiger partial charge in [0.15, 0.2) is 0 Å². The van der Waals surface area contributed by atoms with Crippen molar-refractivity contribution in [2.75, 3.05) is 33.3 Å². The van der Waals surface area contributed by atoms with Crippen LogP contribution in [0.3, 0.4) is 0 Å². The smallest absolute Gasteiger partial charge is 0.0591 e. The van der Waals surface area contributed by atoms with Crippen molar-refractivity contribution < 1.29 is 5.11 Å². The lowest BCUT2D eigenvalue weighted by atomic mass is 10.4. The van der Waals surface area contributed by atoms with E-state index in [0.29, 0.717) is 12.8 Å². The van der Waals surface area contributed by atoms with E-state index in [1.54, 1.807) is 0 Å². The van der Waals surface area contributed by atoms with E-state index in [2.05, 4.69) is 23.8 Å². The molecule has 1 N–H and O–H groups in total. The van der Waals surface area contributed by atoms with Crippen molar-refractivity contribution in [1.29, 1.82) is 0 Å². The quantitative estimate of drug-likeness (QED) is 0.624. The van der Waals surface area contributed by atoms with Crippen LogP contribution in [0.25, 0.3) is 0 Å². The standard InChI is InChI=1S/C8H18N2O/c1-8-9(2)5-6-10(8)4-3-7-11/h8,11H,3-7H2,1-2H3. The molecule has 1 atom stereocenters. The van der Waals surface area contributed by atoms with Crippen molar-refractivity contribution in [2.24, 2.45) is 0 Å². The number of hydrogen-bond acceptors (Lipinski definition) is 3. The lowest BCUT2D eigenvalue weighted by Crippen LogP contribution is -2.34. The van der Waals surface area contributed by atoms with Gasteiger partial charge in [-0.05, 0) is 20.4 Å². The van der Waals surface area contributed by atoms with Crippen molar-refractivity contribution in [1.82, 2.24) is 9.80 Å². The summed E-state index contributed by atoms with van der Waals surface area (Å²) in [7, 11) is 2.14. The molecule has 0 radical (unpaired) electrons. The maximum atomic E-state index is 8.64. The third kappa shape index (κ3) is 2.15. The average Bonchev–Trinajstić information content (AvgIpc) is 2.31. The normalized spacial score (nSPS) is 28.1. The number of likely N-dealkylation sites (N-methyl/N-ethyl adjacent to an activating group) is 1. The molecule has 0 bridgehead atoms. The zero-order valence-corrected chi connectivity index (χ0v) is 7.45. The summed E-state index contributed by atoms with van der Waals surface area (Å²) in [5, 5.41) is 8.64. The molecule has 1 fully saturated rings. The van der Waals surface area contributed by atoms with Crippen molar-refractivity contribution in [3.8, 4) is 0 Å². The van der Waals surface area contributed by atoms with Crippen LogP contribution in [0.1, 0.15) is 13.3 Å². The molecule has 1 saturated heterocycles. The molecule has 1 aliphatic rings. The maximum Gasteiger partial charge on any atom is 0.0591 e. The molecule has 66 valence electrons. The Bertz CT molecular complexity index is 119. The number of nitrogens with zero attached hydrogens (tertiary/aromatic N) is 2. The van der Waals surface area contributed by atoms with Crippen LogP contribution in [0.15, 0.2) is 0 Å². The van der Waals surface area contributed by atoms with Gasteiger partial charge >= 0.3 is 0 Å². The number of aliphatic hydroxyl groups excluding tert-OH is 1. The second-order valence-electron chi connectivity index (χ2n) is 3.23. The van der Waals surface area contributed by atoms with Crippen LogP contribution in [0.4, 0.5) is 0 Å². The lowest BCUT2D eigenvalue weighted by molar-refractivity contribution is 0.162. The number of aliphatic hydroxyl groups is 1. The Labute approximate surface area is 68.6 Å².